The fourth-order valence-electron chi connectivity index (χ4n) is 0.220. The molecule has 0 radical (unpaired) electrons. The first-order valence-corrected chi connectivity index (χ1v) is 2.17. The van der Waals surface area contributed by atoms with Crippen LogP contribution >= 0.6 is 0 Å². The van der Waals surface area contributed by atoms with Gasteiger partial charge in [0.1, 0.15) is 6.61 Å². The molecule has 48 valence electrons. The molecule has 0 atom stereocenters. The topological polar surface area (TPSA) is 70.3 Å². The minimum Gasteiger partial charge on any atom is -0.450 e. The SMILES string of the molecule is N#CC=CCOC(=O)O. The van der Waals surface area contributed by atoms with Gasteiger partial charge in [-0.15, -0.1) is 0 Å². The van der Waals surface area contributed by atoms with Crippen LogP contribution < -0.4 is 0 Å². The lowest BCUT2D eigenvalue weighted by Gasteiger charge is -1.89. The second-order valence-electron chi connectivity index (χ2n) is 1.11. The lowest BCUT2D eigenvalue weighted by atomic mass is 10.5. The van der Waals surface area contributed by atoms with Gasteiger partial charge in [0.25, 0.3) is 0 Å². The molecule has 0 saturated carbocycles. The van der Waals surface area contributed by atoms with Crippen molar-refractivity contribution in [2.45, 2.75) is 0 Å². The van der Waals surface area contributed by atoms with E-state index < -0.39 is 6.16 Å². The molecule has 0 aromatic carbocycles. The van der Waals surface area contributed by atoms with E-state index in [0.29, 0.717) is 0 Å². The van der Waals surface area contributed by atoms with Gasteiger partial charge in [-0.2, -0.15) is 5.26 Å². The zero-order valence-corrected chi connectivity index (χ0v) is 4.57. The first-order valence-electron chi connectivity index (χ1n) is 2.17. The van der Waals surface area contributed by atoms with E-state index in [4.69, 9.17) is 10.4 Å². The number of nitriles is 1. The highest BCUT2D eigenvalue weighted by molar-refractivity contribution is 5.56. The fourth-order valence-corrected chi connectivity index (χ4v) is 0.220. The van der Waals surface area contributed by atoms with Crippen LogP contribution in [0.4, 0.5) is 4.79 Å². The molecule has 0 spiro atoms. The number of allylic oxidation sites excluding steroid dienone is 1. The summed E-state index contributed by atoms with van der Waals surface area (Å²) < 4.78 is 4.02. The number of carboxylic acid groups (broad SMARTS) is 1. The average Bonchev–Trinajstić information content (AvgIpc) is 1.80. The Morgan fingerprint density at radius 2 is 2.56 bits per heavy atom. The molecule has 0 aliphatic heterocycles. The first kappa shape index (κ1) is 7.50. The molecule has 4 nitrogen and oxygen atoms in total. The van der Waals surface area contributed by atoms with Gasteiger partial charge in [0, 0.05) is 6.08 Å². The van der Waals surface area contributed by atoms with Crippen LogP contribution in [0.15, 0.2) is 12.2 Å². The highest BCUT2D eigenvalue weighted by Crippen LogP contribution is 1.76. The van der Waals surface area contributed by atoms with Crippen LogP contribution in [0.1, 0.15) is 0 Å². The van der Waals surface area contributed by atoms with E-state index in [0.717, 1.165) is 6.08 Å². The summed E-state index contributed by atoms with van der Waals surface area (Å²) in [6.07, 6.45) is 1.13. The van der Waals surface area contributed by atoms with Crippen molar-refractivity contribution >= 4 is 6.16 Å². The van der Waals surface area contributed by atoms with E-state index in [9.17, 15) is 4.79 Å². The molecule has 0 aromatic heterocycles. The lowest BCUT2D eigenvalue weighted by molar-refractivity contribution is 0.102. The van der Waals surface area contributed by atoms with Crippen LogP contribution in [0.2, 0.25) is 0 Å². The van der Waals surface area contributed by atoms with Crippen LogP contribution in [0, 0.1) is 11.3 Å². The Morgan fingerprint density at radius 1 is 1.89 bits per heavy atom. The van der Waals surface area contributed by atoms with Gasteiger partial charge in [0.05, 0.1) is 6.07 Å². The highest BCUT2D eigenvalue weighted by Gasteiger charge is 1.89. The zero-order valence-electron chi connectivity index (χ0n) is 4.57. The van der Waals surface area contributed by atoms with Crippen molar-refractivity contribution in [3.8, 4) is 6.07 Å². The number of rotatable bonds is 2. The quantitative estimate of drug-likeness (QED) is 0.439. The standard InChI is InChI=1S/C5H5NO3/c6-3-1-2-4-9-5(7)8/h1-2H,4H2,(H,7,8). The fraction of sp³-hybridized carbons (Fsp3) is 0.200. The summed E-state index contributed by atoms with van der Waals surface area (Å²) in [5, 5.41) is 15.8. The summed E-state index contributed by atoms with van der Waals surface area (Å²) in [6.45, 7) is -0.0666. The van der Waals surface area contributed by atoms with Crippen LogP contribution in [0.25, 0.3) is 0 Å². The van der Waals surface area contributed by atoms with Gasteiger partial charge in [-0.05, 0) is 6.08 Å². The summed E-state index contributed by atoms with van der Waals surface area (Å²) in [7, 11) is 0. The van der Waals surface area contributed by atoms with E-state index >= 15 is 0 Å². The molecule has 0 amide bonds. The molecule has 0 aliphatic carbocycles. The minimum atomic E-state index is -1.34. The second-order valence-corrected chi connectivity index (χ2v) is 1.11. The Hall–Kier alpha value is -1.50. The molecule has 0 saturated heterocycles. The Bertz CT molecular complexity index is 156. The molecule has 0 unspecified atom stereocenters. The van der Waals surface area contributed by atoms with E-state index in [1.54, 1.807) is 6.07 Å². The van der Waals surface area contributed by atoms with Gasteiger partial charge in [0.2, 0.25) is 0 Å². The Kier molecular flexibility index (Phi) is 3.88. The van der Waals surface area contributed by atoms with Gasteiger partial charge in [-0.3, -0.25) is 0 Å². The van der Waals surface area contributed by atoms with Gasteiger partial charge in [0.15, 0.2) is 0 Å². The van der Waals surface area contributed by atoms with Crippen molar-refractivity contribution in [2.24, 2.45) is 0 Å². The van der Waals surface area contributed by atoms with Crippen LogP contribution in [0.5, 0.6) is 0 Å². The van der Waals surface area contributed by atoms with Crippen molar-refractivity contribution in [2.75, 3.05) is 6.61 Å². The van der Waals surface area contributed by atoms with Crippen molar-refractivity contribution in [3.05, 3.63) is 12.2 Å². The van der Waals surface area contributed by atoms with E-state index in [1.807, 2.05) is 0 Å². The first-order chi connectivity index (χ1) is 4.27. The Balaban J connectivity index is 3.22. The maximum atomic E-state index is 9.62. The smallest absolute Gasteiger partial charge is 0.450 e. The molecular weight excluding hydrogens is 122 g/mol. The maximum absolute atomic E-state index is 9.62. The largest absolute Gasteiger partial charge is 0.506 e. The lowest BCUT2D eigenvalue weighted by Crippen LogP contribution is -1.98. The normalized spacial score (nSPS) is 8.78. The Labute approximate surface area is 52.0 Å². The average molecular weight is 127 g/mol. The summed E-state index contributed by atoms with van der Waals surface area (Å²) in [6, 6.07) is 1.69. The van der Waals surface area contributed by atoms with Crippen molar-refractivity contribution in [1.82, 2.24) is 0 Å². The molecule has 4 heteroatoms. The number of nitrogens with zero attached hydrogens (tertiary/aromatic N) is 1. The molecule has 0 heterocycles. The van der Waals surface area contributed by atoms with Gasteiger partial charge >= 0.3 is 6.16 Å². The summed E-state index contributed by atoms with van der Waals surface area (Å²) >= 11 is 0. The Morgan fingerprint density at radius 3 is 3.00 bits per heavy atom. The monoisotopic (exact) mass is 127 g/mol. The molecule has 9 heavy (non-hydrogen) atoms. The number of hydrogen-bond acceptors (Lipinski definition) is 3. The zero-order chi connectivity index (χ0) is 7.11. The van der Waals surface area contributed by atoms with Crippen LogP contribution in [-0.2, 0) is 4.74 Å². The second kappa shape index (κ2) is 4.65. The third-order valence-corrected chi connectivity index (χ3v) is 0.495. The molecule has 0 aliphatic rings. The molecule has 0 bridgehead atoms. The van der Waals surface area contributed by atoms with Crippen molar-refractivity contribution in [3.63, 3.8) is 0 Å². The number of carbonyl (C=O) groups is 1. The number of ether oxygens (including phenoxy) is 1. The molecule has 1 N–H and O–H groups in total. The van der Waals surface area contributed by atoms with Gasteiger partial charge in [-0.25, -0.2) is 4.79 Å². The van der Waals surface area contributed by atoms with E-state index in [-0.39, 0.29) is 6.61 Å². The van der Waals surface area contributed by atoms with Crippen LogP contribution in [-0.4, -0.2) is 17.9 Å². The predicted octanol–water partition coefficient (Wildman–Crippen LogP) is 0.761. The predicted molar refractivity (Wildman–Crippen MR) is 28.7 cm³/mol. The van der Waals surface area contributed by atoms with Crippen molar-refractivity contribution < 1.29 is 14.6 Å². The summed E-state index contributed by atoms with van der Waals surface area (Å²) in [5.41, 5.74) is 0. The highest BCUT2D eigenvalue weighted by atomic mass is 16.7. The van der Waals surface area contributed by atoms with E-state index in [1.165, 1.54) is 6.08 Å². The molecule has 0 rings (SSSR count). The number of hydrogen-bond donors (Lipinski definition) is 1. The van der Waals surface area contributed by atoms with Crippen molar-refractivity contribution in [1.29, 1.82) is 5.26 Å². The third kappa shape index (κ3) is 6.50. The molecule has 0 aromatic rings. The van der Waals surface area contributed by atoms with Gasteiger partial charge < -0.3 is 9.84 Å². The minimum absolute atomic E-state index is 0.0666. The summed E-state index contributed by atoms with van der Waals surface area (Å²) in [4.78, 5) is 9.62. The van der Waals surface area contributed by atoms with Gasteiger partial charge in [-0.1, -0.05) is 0 Å². The third-order valence-electron chi connectivity index (χ3n) is 0.495. The molecular formula is C5H5NO3. The maximum Gasteiger partial charge on any atom is 0.506 e. The van der Waals surface area contributed by atoms with E-state index in [2.05, 4.69) is 4.74 Å². The summed E-state index contributed by atoms with van der Waals surface area (Å²) in [5.74, 6) is 0. The molecule has 0 fully saturated rings. The van der Waals surface area contributed by atoms with Crippen LogP contribution in [0.3, 0.4) is 0 Å².